The topological polar surface area (TPSA) is 29.1 Å². The number of benzene rings is 2. The van der Waals surface area contributed by atoms with Gasteiger partial charge in [0.1, 0.15) is 0 Å². The summed E-state index contributed by atoms with van der Waals surface area (Å²) in [5.41, 5.74) is 2.06. The van der Waals surface area contributed by atoms with E-state index in [1.54, 1.807) is 11.8 Å². The zero-order valence-electron chi connectivity index (χ0n) is 15.3. The van der Waals surface area contributed by atoms with Crippen LogP contribution in [0.15, 0.2) is 59.5 Å². The van der Waals surface area contributed by atoms with Gasteiger partial charge in [0.25, 0.3) is 5.91 Å². The molecule has 0 bridgehead atoms. The van der Waals surface area contributed by atoms with Gasteiger partial charge in [-0.3, -0.25) is 4.79 Å². The van der Waals surface area contributed by atoms with Gasteiger partial charge < -0.3 is 5.32 Å². The van der Waals surface area contributed by atoms with Crippen LogP contribution in [0.3, 0.4) is 0 Å². The van der Waals surface area contributed by atoms with E-state index >= 15 is 0 Å². The molecule has 1 atom stereocenters. The third-order valence-electron chi connectivity index (χ3n) is 4.46. The van der Waals surface area contributed by atoms with Crippen molar-refractivity contribution in [2.45, 2.75) is 50.2 Å². The van der Waals surface area contributed by atoms with Crippen molar-refractivity contribution in [3.63, 3.8) is 0 Å². The molecule has 2 rings (SSSR count). The first-order valence-electron chi connectivity index (χ1n) is 9.28. The zero-order valence-corrected chi connectivity index (χ0v) is 16.1. The average molecular weight is 356 g/mol. The number of rotatable bonds is 10. The molecule has 134 valence electrons. The smallest absolute Gasteiger partial charge is 0.252 e. The van der Waals surface area contributed by atoms with E-state index in [1.165, 1.54) is 24.8 Å². The van der Waals surface area contributed by atoms with Gasteiger partial charge in [-0.25, -0.2) is 0 Å². The fourth-order valence-corrected chi connectivity index (χ4v) is 3.80. The van der Waals surface area contributed by atoms with Gasteiger partial charge in [0, 0.05) is 17.2 Å². The summed E-state index contributed by atoms with van der Waals surface area (Å²) in [6.07, 6.45) is 4.75. The highest BCUT2D eigenvalue weighted by Crippen LogP contribution is 2.26. The molecule has 0 aromatic heterocycles. The number of carbonyl (C=O) groups is 1. The standard InChI is InChI=1S/C22H29NOS/c1-3-5-11-18(4-2)16-23-22(24)20-14-9-10-15-21(20)25-17-19-12-7-6-8-13-19/h6-10,12-15,18H,3-5,11,16-17H2,1-2H3,(H,23,24). The third-order valence-corrected chi connectivity index (χ3v) is 5.61. The molecule has 0 aliphatic heterocycles. The van der Waals surface area contributed by atoms with Gasteiger partial charge in [-0.05, 0) is 30.0 Å². The Hall–Kier alpha value is -1.74. The molecule has 0 saturated carbocycles. The van der Waals surface area contributed by atoms with Gasteiger partial charge in [0.2, 0.25) is 0 Å². The van der Waals surface area contributed by atoms with Crippen LogP contribution in [0.1, 0.15) is 55.5 Å². The molecular weight excluding hydrogens is 326 g/mol. The van der Waals surface area contributed by atoms with Crippen LogP contribution >= 0.6 is 11.8 Å². The summed E-state index contributed by atoms with van der Waals surface area (Å²) in [6, 6.07) is 18.3. The fourth-order valence-electron chi connectivity index (χ4n) is 2.79. The van der Waals surface area contributed by atoms with Crippen LogP contribution in [-0.4, -0.2) is 12.5 Å². The SMILES string of the molecule is CCCCC(CC)CNC(=O)c1ccccc1SCc1ccccc1. The van der Waals surface area contributed by atoms with Gasteiger partial charge in [-0.15, -0.1) is 11.8 Å². The summed E-state index contributed by atoms with van der Waals surface area (Å²) in [6.45, 7) is 5.19. The lowest BCUT2D eigenvalue weighted by atomic mass is 9.99. The second-order valence-corrected chi connectivity index (χ2v) is 7.41. The molecule has 0 heterocycles. The molecule has 1 N–H and O–H groups in total. The van der Waals surface area contributed by atoms with Crippen LogP contribution in [-0.2, 0) is 5.75 Å². The van der Waals surface area contributed by atoms with E-state index in [0.29, 0.717) is 5.92 Å². The Morgan fingerprint density at radius 1 is 1.04 bits per heavy atom. The quantitative estimate of drug-likeness (QED) is 0.536. The van der Waals surface area contributed by atoms with Crippen molar-refractivity contribution in [2.75, 3.05) is 6.54 Å². The Balaban J connectivity index is 1.95. The van der Waals surface area contributed by atoms with Crippen molar-refractivity contribution in [1.82, 2.24) is 5.32 Å². The maximum atomic E-state index is 12.6. The summed E-state index contributed by atoms with van der Waals surface area (Å²) in [5, 5.41) is 3.15. The Bertz CT molecular complexity index is 641. The normalized spacial score (nSPS) is 11.9. The lowest BCUT2D eigenvalue weighted by molar-refractivity contribution is 0.0943. The molecule has 0 radical (unpaired) electrons. The average Bonchev–Trinajstić information content (AvgIpc) is 2.67. The molecule has 2 aromatic carbocycles. The van der Waals surface area contributed by atoms with Gasteiger partial charge in [-0.2, -0.15) is 0 Å². The van der Waals surface area contributed by atoms with Crippen molar-refractivity contribution in [2.24, 2.45) is 5.92 Å². The van der Waals surface area contributed by atoms with Crippen LogP contribution in [0.25, 0.3) is 0 Å². The summed E-state index contributed by atoms with van der Waals surface area (Å²) in [5.74, 6) is 1.50. The summed E-state index contributed by atoms with van der Waals surface area (Å²) in [7, 11) is 0. The van der Waals surface area contributed by atoms with E-state index in [1.807, 2.05) is 30.3 Å². The molecule has 2 nitrogen and oxygen atoms in total. The highest BCUT2D eigenvalue weighted by atomic mass is 32.2. The maximum absolute atomic E-state index is 12.6. The van der Waals surface area contributed by atoms with Gasteiger partial charge in [0.05, 0.1) is 5.56 Å². The zero-order chi connectivity index (χ0) is 17.9. The largest absolute Gasteiger partial charge is 0.352 e. The van der Waals surface area contributed by atoms with Crippen molar-refractivity contribution in [3.8, 4) is 0 Å². The monoisotopic (exact) mass is 355 g/mol. The molecule has 3 heteroatoms. The first kappa shape index (κ1) is 19.6. The minimum Gasteiger partial charge on any atom is -0.352 e. The van der Waals surface area contributed by atoms with Crippen molar-refractivity contribution < 1.29 is 4.79 Å². The van der Waals surface area contributed by atoms with Gasteiger partial charge in [0.15, 0.2) is 0 Å². The first-order valence-corrected chi connectivity index (χ1v) is 10.3. The Kier molecular flexibility index (Phi) is 8.61. The van der Waals surface area contributed by atoms with E-state index in [9.17, 15) is 4.79 Å². The molecule has 25 heavy (non-hydrogen) atoms. The summed E-state index contributed by atoms with van der Waals surface area (Å²) < 4.78 is 0. The number of nitrogens with one attached hydrogen (secondary N) is 1. The van der Waals surface area contributed by atoms with E-state index in [2.05, 4.69) is 43.4 Å². The molecule has 0 fully saturated rings. The maximum Gasteiger partial charge on any atom is 0.252 e. The predicted molar refractivity (Wildman–Crippen MR) is 108 cm³/mol. The first-order chi connectivity index (χ1) is 12.2. The van der Waals surface area contributed by atoms with E-state index in [-0.39, 0.29) is 5.91 Å². The second kappa shape index (κ2) is 11.0. The number of thioether (sulfide) groups is 1. The molecule has 0 spiro atoms. The molecule has 0 aliphatic rings. The molecule has 2 aromatic rings. The van der Waals surface area contributed by atoms with E-state index in [0.717, 1.165) is 29.2 Å². The van der Waals surface area contributed by atoms with E-state index in [4.69, 9.17) is 0 Å². The minimum absolute atomic E-state index is 0.0473. The Labute approximate surface area is 156 Å². The lowest BCUT2D eigenvalue weighted by Gasteiger charge is -2.16. The molecule has 1 unspecified atom stereocenters. The second-order valence-electron chi connectivity index (χ2n) is 6.40. The molecule has 0 saturated heterocycles. The van der Waals surface area contributed by atoms with Crippen LogP contribution in [0.4, 0.5) is 0 Å². The number of hydrogen-bond acceptors (Lipinski definition) is 2. The molecule has 1 amide bonds. The summed E-state index contributed by atoms with van der Waals surface area (Å²) in [4.78, 5) is 13.7. The number of carbonyl (C=O) groups excluding carboxylic acids is 1. The number of unbranched alkanes of at least 4 members (excludes halogenated alkanes) is 1. The van der Waals surface area contributed by atoms with Crippen LogP contribution in [0, 0.1) is 5.92 Å². The van der Waals surface area contributed by atoms with E-state index < -0.39 is 0 Å². The predicted octanol–water partition coefficient (Wildman–Crippen LogP) is 5.93. The van der Waals surface area contributed by atoms with Crippen molar-refractivity contribution in [1.29, 1.82) is 0 Å². The van der Waals surface area contributed by atoms with Crippen LogP contribution in [0.5, 0.6) is 0 Å². The fraction of sp³-hybridized carbons (Fsp3) is 0.409. The third kappa shape index (κ3) is 6.58. The van der Waals surface area contributed by atoms with Crippen molar-refractivity contribution >= 4 is 17.7 Å². The Morgan fingerprint density at radius 3 is 2.48 bits per heavy atom. The number of amides is 1. The van der Waals surface area contributed by atoms with Crippen molar-refractivity contribution in [3.05, 3.63) is 65.7 Å². The molecular formula is C22H29NOS. The Morgan fingerprint density at radius 2 is 1.76 bits per heavy atom. The number of hydrogen-bond donors (Lipinski definition) is 1. The van der Waals surface area contributed by atoms with Crippen LogP contribution in [0.2, 0.25) is 0 Å². The highest BCUT2D eigenvalue weighted by molar-refractivity contribution is 7.98. The molecule has 0 aliphatic carbocycles. The summed E-state index contributed by atoms with van der Waals surface area (Å²) >= 11 is 1.72. The minimum atomic E-state index is 0.0473. The highest BCUT2D eigenvalue weighted by Gasteiger charge is 2.13. The van der Waals surface area contributed by atoms with Gasteiger partial charge in [-0.1, -0.05) is 75.6 Å². The van der Waals surface area contributed by atoms with Crippen LogP contribution < -0.4 is 5.32 Å². The lowest BCUT2D eigenvalue weighted by Crippen LogP contribution is -2.29. The van der Waals surface area contributed by atoms with Gasteiger partial charge >= 0.3 is 0 Å².